The fourth-order valence-corrected chi connectivity index (χ4v) is 3.32. The molecule has 0 saturated heterocycles. The van der Waals surface area contributed by atoms with Gasteiger partial charge >= 0.3 is 0 Å². The maximum absolute atomic E-state index is 4.69. The molecule has 0 amide bonds. The highest BCUT2D eigenvalue weighted by atomic mass is 127. The lowest BCUT2D eigenvalue weighted by atomic mass is 10.1. The van der Waals surface area contributed by atoms with E-state index in [0.717, 1.165) is 26.1 Å². The van der Waals surface area contributed by atoms with E-state index in [0.29, 0.717) is 5.95 Å². The fourth-order valence-electron chi connectivity index (χ4n) is 2.81. The molecule has 0 aliphatic carbocycles. The predicted octanol–water partition coefficient (Wildman–Crippen LogP) is 4.76. The predicted molar refractivity (Wildman–Crippen MR) is 112 cm³/mol. The highest BCUT2D eigenvalue weighted by Gasteiger charge is 2.12. The second kappa shape index (κ2) is 7.25. The van der Waals surface area contributed by atoms with Crippen molar-refractivity contribution in [3.63, 3.8) is 0 Å². The van der Waals surface area contributed by atoms with Crippen molar-refractivity contribution in [1.82, 2.24) is 19.5 Å². The molecular formula is C20H16IN5. The normalized spacial score (nSPS) is 12.0. The average Bonchev–Trinajstić information content (AvgIpc) is 3.10. The Labute approximate surface area is 165 Å². The maximum atomic E-state index is 4.69. The van der Waals surface area contributed by atoms with Crippen LogP contribution >= 0.6 is 22.6 Å². The van der Waals surface area contributed by atoms with E-state index in [4.69, 9.17) is 0 Å². The zero-order valence-electron chi connectivity index (χ0n) is 13.9. The summed E-state index contributed by atoms with van der Waals surface area (Å²) in [5, 5.41) is 3.36. The van der Waals surface area contributed by atoms with E-state index in [1.54, 1.807) is 6.33 Å². The Hall–Kier alpha value is -2.74. The van der Waals surface area contributed by atoms with E-state index in [1.807, 2.05) is 59.2 Å². The number of anilines is 1. The molecule has 0 aliphatic rings. The van der Waals surface area contributed by atoms with Crippen LogP contribution in [0.5, 0.6) is 0 Å². The van der Waals surface area contributed by atoms with Gasteiger partial charge < -0.3 is 5.32 Å². The van der Waals surface area contributed by atoms with Crippen LogP contribution in [0.4, 0.5) is 5.95 Å². The molecule has 6 heteroatoms. The summed E-state index contributed by atoms with van der Waals surface area (Å²) in [6.45, 7) is 3.93. The molecule has 4 rings (SSSR count). The summed E-state index contributed by atoms with van der Waals surface area (Å²) < 4.78 is 2.82. The van der Waals surface area contributed by atoms with Crippen molar-refractivity contribution < 1.29 is 0 Å². The van der Waals surface area contributed by atoms with Gasteiger partial charge in [0, 0.05) is 6.07 Å². The van der Waals surface area contributed by atoms with Crippen LogP contribution in [0, 0.1) is 3.70 Å². The summed E-state index contributed by atoms with van der Waals surface area (Å²) in [6.07, 6.45) is 3.64. The Morgan fingerprint density at radius 1 is 1.04 bits per heavy atom. The van der Waals surface area contributed by atoms with Crippen LogP contribution in [0.1, 0.15) is 11.6 Å². The number of hydrogen-bond donors (Lipinski definition) is 1. The highest BCUT2D eigenvalue weighted by Crippen LogP contribution is 2.22. The average molecular weight is 453 g/mol. The van der Waals surface area contributed by atoms with Crippen LogP contribution in [-0.2, 0) is 0 Å². The highest BCUT2D eigenvalue weighted by molar-refractivity contribution is 14.1. The van der Waals surface area contributed by atoms with Gasteiger partial charge in [-0.1, -0.05) is 48.5 Å². The zero-order valence-corrected chi connectivity index (χ0v) is 16.0. The lowest BCUT2D eigenvalue weighted by Crippen LogP contribution is -2.12. The molecule has 0 fully saturated rings. The minimum absolute atomic E-state index is 0.0678. The molecule has 2 heterocycles. The third-order valence-corrected chi connectivity index (χ3v) is 4.61. The fraction of sp³-hybridized carbons (Fsp3) is 0.0500. The number of nitrogens with zero attached hydrogens (tertiary/aromatic N) is 4. The first kappa shape index (κ1) is 16.7. The number of halogens is 1. The summed E-state index contributed by atoms with van der Waals surface area (Å²) in [6, 6.07) is 20.0. The van der Waals surface area contributed by atoms with E-state index in [9.17, 15) is 0 Å². The minimum atomic E-state index is -0.0678. The van der Waals surface area contributed by atoms with Crippen molar-refractivity contribution in [2.45, 2.75) is 6.04 Å². The first-order valence-electron chi connectivity index (χ1n) is 8.15. The van der Waals surface area contributed by atoms with Gasteiger partial charge in [-0.15, -0.1) is 6.58 Å². The monoisotopic (exact) mass is 453 g/mol. The molecule has 1 unspecified atom stereocenters. The lowest BCUT2D eigenvalue weighted by Gasteiger charge is -2.16. The number of imidazole rings is 1. The van der Waals surface area contributed by atoms with E-state index in [1.165, 1.54) is 0 Å². The van der Waals surface area contributed by atoms with E-state index >= 15 is 0 Å². The summed E-state index contributed by atoms with van der Waals surface area (Å²) in [4.78, 5) is 13.7. The van der Waals surface area contributed by atoms with Gasteiger partial charge in [-0.2, -0.15) is 4.98 Å². The third kappa shape index (κ3) is 3.32. The summed E-state index contributed by atoms with van der Waals surface area (Å²) in [5.74, 6) is 1.33. The second-order valence-corrected chi connectivity index (χ2v) is 6.85. The molecule has 0 radical (unpaired) electrons. The van der Waals surface area contributed by atoms with Crippen LogP contribution in [0.2, 0.25) is 0 Å². The minimum Gasteiger partial charge on any atom is -0.344 e. The van der Waals surface area contributed by atoms with Gasteiger partial charge in [0.15, 0.2) is 0 Å². The molecule has 0 saturated carbocycles. The van der Waals surface area contributed by atoms with Crippen LogP contribution in [0.15, 0.2) is 79.6 Å². The third-order valence-electron chi connectivity index (χ3n) is 4.06. The smallest absolute Gasteiger partial charge is 0.226 e. The molecule has 1 N–H and O–H groups in total. The van der Waals surface area contributed by atoms with Gasteiger partial charge in [-0.3, -0.25) is 4.57 Å². The van der Waals surface area contributed by atoms with E-state index in [2.05, 4.69) is 61.6 Å². The molecule has 128 valence electrons. The number of hydrogen-bond acceptors (Lipinski definition) is 4. The van der Waals surface area contributed by atoms with Gasteiger partial charge in [0.1, 0.15) is 15.8 Å². The Morgan fingerprint density at radius 3 is 2.62 bits per heavy atom. The molecule has 0 bridgehead atoms. The first-order valence-corrected chi connectivity index (χ1v) is 9.23. The van der Waals surface area contributed by atoms with Crippen LogP contribution in [0.25, 0.3) is 16.9 Å². The Bertz CT molecular complexity index is 1060. The number of fused-ring (bicyclic) bond motifs is 1. The Kier molecular flexibility index (Phi) is 4.66. The molecule has 5 nitrogen and oxygen atoms in total. The van der Waals surface area contributed by atoms with E-state index in [-0.39, 0.29) is 6.04 Å². The zero-order chi connectivity index (χ0) is 17.9. The van der Waals surface area contributed by atoms with Crippen LogP contribution in [-0.4, -0.2) is 19.5 Å². The van der Waals surface area contributed by atoms with Gasteiger partial charge in [0.05, 0.1) is 17.1 Å². The number of nitrogens with one attached hydrogen (secondary N) is 1. The van der Waals surface area contributed by atoms with Crippen LogP contribution < -0.4 is 5.32 Å². The number of aromatic nitrogens is 4. The summed E-state index contributed by atoms with van der Waals surface area (Å²) in [7, 11) is 0. The molecule has 2 aromatic carbocycles. The molecule has 0 spiro atoms. The van der Waals surface area contributed by atoms with Gasteiger partial charge in [-0.05, 0) is 40.3 Å². The number of rotatable bonds is 5. The van der Waals surface area contributed by atoms with Crippen LogP contribution in [0.3, 0.4) is 0 Å². The van der Waals surface area contributed by atoms with Crippen molar-refractivity contribution in [2.24, 2.45) is 0 Å². The number of para-hydroxylation sites is 2. The Balaban J connectivity index is 1.71. The van der Waals surface area contributed by atoms with Crippen molar-refractivity contribution in [3.8, 4) is 5.82 Å². The quantitative estimate of drug-likeness (QED) is 0.269. The molecule has 4 aromatic rings. The summed E-state index contributed by atoms with van der Waals surface area (Å²) >= 11 is 2.20. The topological polar surface area (TPSA) is 55.6 Å². The maximum Gasteiger partial charge on any atom is 0.226 e. The molecule has 1 atom stereocenters. The molecule has 26 heavy (non-hydrogen) atoms. The lowest BCUT2D eigenvalue weighted by molar-refractivity contribution is 0.919. The number of benzene rings is 2. The van der Waals surface area contributed by atoms with Crippen molar-refractivity contribution in [2.75, 3.05) is 5.32 Å². The molecule has 0 aliphatic heterocycles. The van der Waals surface area contributed by atoms with Crippen molar-refractivity contribution in [3.05, 3.63) is 88.9 Å². The standard InChI is InChI=1S/C20H16IN5/c1-2-15(14-8-4-3-5-9-14)23-20-24-18(21)12-19(25-20)26-13-22-16-10-6-7-11-17(16)26/h2-13,15H,1H2,(H,23,24,25). The molecule has 2 aromatic heterocycles. The first-order chi connectivity index (χ1) is 12.7. The summed E-state index contributed by atoms with van der Waals surface area (Å²) in [5.41, 5.74) is 3.06. The largest absolute Gasteiger partial charge is 0.344 e. The SMILES string of the molecule is C=CC(Nc1nc(I)cc(-n2cnc3ccccc32)n1)c1ccccc1. The second-order valence-electron chi connectivity index (χ2n) is 5.74. The van der Waals surface area contributed by atoms with Crippen molar-refractivity contribution in [1.29, 1.82) is 0 Å². The van der Waals surface area contributed by atoms with Gasteiger partial charge in [-0.25, -0.2) is 9.97 Å². The molecular weight excluding hydrogens is 437 g/mol. The van der Waals surface area contributed by atoms with Gasteiger partial charge in [0.2, 0.25) is 5.95 Å². The van der Waals surface area contributed by atoms with Crippen molar-refractivity contribution >= 4 is 39.6 Å². The van der Waals surface area contributed by atoms with E-state index < -0.39 is 0 Å². The van der Waals surface area contributed by atoms with Gasteiger partial charge in [0.25, 0.3) is 0 Å². The Morgan fingerprint density at radius 2 is 1.81 bits per heavy atom.